The van der Waals surface area contributed by atoms with E-state index in [4.69, 9.17) is 0 Å². The molecule has 0 aliphatic rings. The SMILES string of the molecule is CC(C)(C)SCC(=O)Nc1ccc(NS(C)(=O)=O)cc1. The minimum atomic E-state index is -3.28. The number of thioether (sulfide) groups is 1. The highest BCUT2D eigenvalue weighted by Gasteiger charge is 2.13. The quantitative estimate of drug-likeness (QED) is 0.875. The van der Waals surface area contributed by atoms with Crippen LogP contribution in [0.3, 0.4) is 0 Å². The topological polar surface area (TPSA) is 75.3 Å². The first-order valence-electron chi connectivity index (χ1n) is 6.07. The molecule has 0 atom stereocenters. The molecule has 1 rings (SSSR count). The molecule has 0 saturated heterocycles. The van der Waals surface area contributed by atoms with Crippen LogP contribution in [-0.4, -0.2) is 31.1 Å². The molecule has 5 nitrogen and oxygen atoms in total. The van der Waals surface area contributed by atoms with E-state index >= 15 is 0 Å². The van der Waals surface area contributed by atoms with E-state index in [0.29, 0.717) is 17.1 Å². The van der Waals surface area contributed by atoms with Crippen LogP contribution in [0.5, 0.6) is 0 Å². The van der Waals surface area contributed by atoms with Gasteiger partial charge in [-0.15, -0.1) is 11.8 Å². The van der Waals surface area contributed by atoms with E-state index in [-0.39, 0.29) is 10.7 Å². The highest BCUT2D eigenvalue weighted by Crippen LogP contribution is 2.23. The van der Waals surface area contributed by atoms with Crippen molar-refractivity contribution in [2.75, 3.05) is 22.0 Å². The van der Waals surface area contributed by atoms with E-state index in [9.17, 15) is 13.2 Å². The standard InChI is InChI=1S/C13H20N2O3S2/c1-13(2,3)19-9-12(16)14-10-5-7-11(8-6-10)15-20(4,17)18/h5-8,15H,9H2,1-4H3,(H,14,16). The Labute approximate surface area is 124 Å². The van der Waals surface area contributed by atoms with E-state index in [1.807, 2.05) is 0 Å². The maximum atomic E-state index is 11.7. The Morgan fingerprint density at radius 1 is 1.15 bits per heavy atom. The van der Waals surface area contributed by atoms with Crippen LogP contribution in [0.1, 0.15) is 20.8 Å². The zero-order valence-electron chi connectivity index (χ0n) is 12.1. The molecule has 0 fully saturated rings. The molecule has 0 spiro atoms. The third-order valence-corrected chi connectivity index (χ3v) is 3.99. The van der Waals surface area contributed by atoms with Crippen molar-refractivity contribution in [3.05, 3.63) is 24.3 Å². The smallest absolute Gasteiger partial charge is 0.234 e. The molecule has 0 heterocycles. The molecule has 0 aromatic heterocycles. The number of benzene rings is 1. The Hall–Kier alpha value is -1.21. The second kappa shape index (κ2) is 6.49. The van der Waals surface area contributed by atoms with Gasteiger partial charge in [0.05, 0.1) is 12.0 Å². The summed E-state index contributed by atoms with van der Waals surface area (Å²) in [5.74, 6) is 0.307. The van der Waals surface area contributed by atoms with Crippen molar-refractivity contribution in [3.8, 4) is 0 Å². The predicted molar refractivity (Wildman–Crippen MR) is 85.7 cm³/mol. The second-order valence-electron chi connectivity index (χ2n) is 5.40. The van der Waals surface area contributed by atoms with Gasteiger partial charge in [-0.1, -0.05) is 20.8 Å². The number of amides is 1. The van der Waals surface area contributed by atoms with Crippen molar-refractivity contribution in [2.45, 2.75) is 25.5 Å². The van der Waals surface area contributed by atoms with Gasteiger partial charge in [0.15, 0.2) is 0 Å². The summed E-state index contributed by atoms with van der Waals surface area (Å²) in [5, 5.41) is 2.77. The molecule has 0 aliphatic heterocycles. The van der Waals surface area contributed by atoms with Crippen LogP contribution >= 0.6 is 11.8 Å². The largest absolute Gasteiger partial charge is 0.325 e. The zero-order valence-corrected chi connectivity index (χ0v) is 13.7. The van der Waals surface area contributed by atoms with Gasteiger partial charge in [0, 0.05) is 16.1 Å². The first-order valence-corrected chi connectivity index (χ1v) is 8.94. The number of hydrogen-bond donors (Lipinski definition) is 2. The van der Waals surface area contributed by atoms with Gasteiger partial charge < -0.3 is 5.32 Å². The normalized spacial score (nSPS) is 12.0. The third kappa shape index (κ3) is 7.40. The Morgan fingerprint density at radius 2 is 1.65 bits per heavy atom. The molecule has 112 valence electrons. The van der Waals surface area contributed by atoms with Crippen LogP contribution in [0.25, 0.3) is 0 Å². The predicted octanol–water partition coefficient (Wildman–Crippen LogP) is 2.53. The molecule has 1 aromatic carbocycles. The van der Waals surface area contributed by atoms with Crippen molar-refractivity contribution < 1.29 is 13.2 Å². The fourth-order valence-corrected chi connectivity index (χ4v) is 2.52. The average molecular weight is 316 g/mol. The fraction of sp³-hybridized carbons (Fsp3) is 0.462. The van der Waals surface area contributed by atoms with Gasteiger partial charge in [0.2, 0.25) is 15.9 Å². The Bertz CT molecular complexity index is 560. The molecule has 1 amide bonds. The van der Waals surface area contributed by atoms with Crippen LogP contribution in [-0.2, 0) is 14.8 Å². The van der Waals surface area contributed by atoms with Crippen LogP contribution in [0.4, 0.5) is 11.4 Å². The van der Waals surface area contributed by atoms with Crippen LogP contribution in [0.15, 0.2) is 24.3 Å². The lowest BCUT2D eigenvalue weighted by molar-refractivity contribution is -0.113. The summed E-state index contributed by atoms with van der Waals surface area (Å²) in [6.45, 7) is 6.16. The van der Waals surface area contributed by atoms with E-state index in [2.05, 4.69) is 30.8 Å². The van der Waals surface area contributed by atoms with Crippen molar-refractivity contribution in [3.63, 3.8) is 0 Å². The number of anilines is 2. The van der Waals surface area contributed by atoms with E-state index < -0.39 is 10.0 Å². The van der Waals surface area contributed by atoms with Gasteiger partial charge in [-0.05, 0) is 24.3 Å². The molecular formula is C13H20N2O3S2. The van der Waals surface area contributed by atoms with Gasteiger partial charge >= 0.3 is 0 Å². The summed E-state index contributed by atoms with van der Waals surface area (Å²) in [6, 6.07) is 6.53. The van der Waals surface area contributed by atoms with Gasteiger partial charge in [0.25, 0.3) is 0 Å². The molecule has 2 N–H and O–H groups in total. The molecule has 0 saturated carbocycles. The van der Waals surface area contributed by atoms with Gasteiger partial charge in [-0.3, -0.25) is 9.52 Å². The van der Waals surface area contributed by atoms with Gasteiger partial charge in [-0.25, -0.2) is 8.42 Å². The maximum absolute atomic E-state index is 11.7. The maximum Gasteiger partial charge on any atom is 0.234 e. The second-order valence-corrected chi connectivity index (χ2v) is 8.95. The fourth-order valence-electron chi connectivity index (χ4n) is 1.31. The molecule has 20 heavy (non-hydrogen) atoms. The monoisotopic (exact) mass is 316 g/mol. The number of nitrogens with one attached hydrogen (secondary N) is 2. The summed E-state index contributed by atoms with van der Waals surface area (Å²) in [6.07, 6.45) is 1.09. The lowest BCUT2D eigenvalue weighted by Crippen LogP contribution is -2.18. The Balaban J connectivity index is 2.55. The van der Waals surface area contributed by atoms with Crippen LogP contribution in [0.2, 0.25) is 0 Å². The van der Waals surface area contributed by atoms with E-state index in [1.54, 1.807) is 36.0 Å². The van der Waals surface area contributed by atoms with Crippen molar-refractivity contribution in [1.82, 2.24) is 0 Å². The molecular weight excluding hydrogens is 296 g/mol. The van der Waals surface area contributed by atoms with E-state index in [1.165, 1.54) is 0 Å². The van der Waals surface area contributed by atoms with Gasteiger partial charge in [0.1, 0.15) is 0 Å². The third-order valence-electron chi connectivity index (χ3n) is 2.11. The van der Waals surface area contributed by atoms with Crippen molar-refractivity contribution in [1.29, 1.82) is 0 Å². The molecule has 0 aliphatic carbocycles. The summed E-state index contributed by atoms with van der Waals surface area (Å²) in [4.78, 5) is 11.7. The van der Waals surface area contributed by atoms with E-state index in [0.717, 1.165) is 6.26 Å². The highest BCUT2D eigenvalue weighted by atomic mass is 32.2. The molecule has 7 heteroatoms. The molecule has 1 aromatic rings. The Morgan fingerprint density at radius 3 is 2.10 bits per heavy atom. The van der Waals surface area contributed by atoms with Gasteiger partial charge in [-0.2, -0.15) is 0 Å². The molecule has 0 unspecified atom stereocenters. The number of hydrogen-bond acceptors (Lipinski definition) is 4. The summed E-state index contributed by atoms with van der Waals surface area (Å²) in [5.41, 5.74) is 1.11. The zero-order chi connectivity index (χ0) is 15.4. The number of rotatable bonds is 5. The number of carbonyl (C=O) groups excluding carboxylic acids is 1. The van der Waals surface area contributed by atoms with Crippen molar-refractivity contribution in [2.24, 2.45) is 0 Å². The lowest BCUT2D eigenvalue weighted by atomic mass is 10.3. The molecule has 0 bridgehead atoms. The Kier molecular flexibility index (Phi) is 5.47. The first kappa shape index (κ1) is 16.8. The summed E-state index contributed by atoms with van der Waals surface area (Å²) in [7, 11) is -3.28. The molecule has 0 radical (unpaired) electrons. The number of carbonyl (C=O) groups is 1. The first-order chi connectivity index (χ1) is 9.05. The summed E-state index contributed by atoms with van der Waals surface area (Å²) >= 11 is 1.57. The summed E-state index contributed by atoms with van der Waals surface area (Å²) < 4.78 is 24.5. The van der Waals surface area contributed by atoms with Crippen molar-refractivity contribution >= 4 is 39.1 Å². The lowest BCUT2D eigenvalue weighted by Gasteiger charge is -2.17. The average Bonchev–Trinajstić information content (AvgIpc) is 2.26. The minimum Gasteiger partial charge on any atom is -0.325 e. The van der Waals surface area contributed by atoms with Crippen LogP contribution < -0.4 is 10.0 Å². The van der Waals surface area contributed by atoms with Crippen LogP contribution in [0, 0.1) is 0 Å². The number of sulfonamides is 1. The minimum absolute atomic E-state index is 0.0423. The highest BCUT2D eigenvalue weighted by molar-refractivity contribution is 8.01.